The molecule has 0 radical (unpaired) electrons. The van der Waals surface area contributed by atoms with Crippen LogP contribution in [0.25, 0.3) is 0 Å². The number of aromatic nitrogens is 1. The second kappa shape index (κ2) is 6.17. The van der Waals surface area contributed by atoms with Gasteiger partial charge in [0.25, 0.3) is 0 Å². The van der Waals surface area contributed by atoms with Crippen molar-refractivity contribution in [1.82, 2.24) is 9.29 Å². The fourth-order valence-corrected chi connectivity index (χ4v) is 2.71. The average Bonchev–Trinajstić information content (AvgIpc) is 2.37. The second-order valence-corrected chi connectivity index (χ2v) is 5.61. The van der Waals surface area contributed by atoms with Crippen LogP contribution < -0.4 is 0 Å². The van der Waals surface area contributed by atoms with Crippen LogP contribution in [0.5, 0.6) is 0 Å². The van der Waals surface area contributed by atoms with Crippen molar-refractivity contribution < 1.29 is 26.7 Å². The molecule has 1 aromatic rings. The normalized spacial score (nSPS) is 12.4. The van der Waals surface area contributed by atoms with Crippen LogP contribution >= 0.6 is 0 Å². The SMILES string of the molecule is N#Cc1ccc(S(=O)(=O)N(CCO)CC(F)(F)F)cn1. The Labute approximate surface area is 113 Å². The number of nitriles is 1. The average molecular weight is 309 g/mol. The van der Waals surface area contributed by atoms with E-state index in [2.05, 4.69) is 4.98 Å². The second-order valence-electron chi connectivity index (χ2n) is 3.67. The lowest BCUT2D eigenvalue weighted by molar-refractivity contribution is -0.136. The Balaban J connectivity index is 3.12. The molecule has 6 nitrogen and oxygen atoms in total. The van der Waals surface area contributed by atoms with Crippen LogP contribution in [0.3, 0.4) is 0 Å². The Hall–Kier alpha value is -1.70. The minimum absolute atomic E-state index is 0.0616. The van der Waals surface area contributed by atoms with Crippen molar-refractivity contribution in [3.05, 3.63) is 24.0 Å². The minimum Gasteiger partial charge on any atom is -0.395 e. The largest absolute Gasteiger partial charge is 0.402 e. The fraction of sp³-hybridized carbons (Fsp3) is 0.400. The molecule has 1 heterocycles. The molecule has 0 fully saturated rings. The van der Waals surface area contributed by atoms with E-state index in [1.807, 2.05) is 0 Å². The number of hydrogen-bond acceptors (Lipinski definition) is 5. The highest BCUT2D eigenvalue weighted by atomic mass is 32.2. The summed E-state index contributed by atoms with van der Waals surface area (Å²) in [7, 11) is -4.44. The van der Waals surface area contributed by atoms with E-state index >= 15 is 0 Å². The molecule has 0 unspecified atom stereocenters. The first-order chi connectivity index (χ1) is 9.20. The molecular weight excluding hydrogens is 299 g/mol. The summed E-state index contributed by atoms with van der Waals surface area (Å²) in [5.74, 6) is 0. The minimum atomic E-state index is -4.73. The van der Waals surface area contributed by atoms with Gasteiger partial charge in [-0.3, -0.25) is 0 Å². The zero-order chi connectivity index (χ0) is 15.4. The third-order valence-corrected chi connectivity index (χ3v) is 4.02. The maximum absolute atomic E-state index is 12.3. The van der Waals surface area contributed by atoms with Crippen LogP contribution in [0.4, 0.5) is 13.2 Å². The van der Waals surface area contributed by atoms with Gasteiger partial charge in [-0.2, -0.15) is 22.7 Å². The molecule has 1 aromatic heterocycles. The summed E-state index contributed by atoms with van der Waals surface area (Å²) in [4.78, 5) is 3.01. The third-order valence-electron chi connectivity index (χ3n) is 2.19. The van der Waals surface area contributed by atoms with E-state index in [1.54, 1.807) is 6.07 Å². The lowest BCUT2D eigenvalue weighted by Crippen LogP contribution is -2.40. The van der Waals surface area contributed by atoms with E-state index in [-0.39, 0.29) is 10.00 Å². The number of nitrogens with zero attached hydrogens (tertiary/aromatic N) is 3. The topological polar surface area (TPSA) is 94.3 Å². The number of halogens is 3. The van der Waals surface area contributed by atoms with Gasteiger partial charge in [-0.05, 0) is 12.1 Å². The van der Waals surface area contributed by atoms with E-state index in [1.165, 1.54) is 0 Å². The molecule has 0 bridgehead atoms. The number of alkyl halides is 3. The highest BCUT2D eigenvalue weighted by molar-refractivity contribution is 7.89. The zero-order valence-corrected chi connectivity index (χ0v) is 10.8. The van der Waals surface area contributed by atoms with Gasteiger partial charge in [0.05, 0.1) is 6.61 Å². The molecule has 0 saturated carbocycles. The van der Waals surface area contributed by atoms with E-state index in [4.69, 9.17) is 10.4 Å². The van der Waals surface area contributed by atoms with Gasteiger partial charge in [0.1, 0.15) is 23.2 Å². The zero-order valence-electron chi connectivity index (χ0n) is 10.0. The van der Waals surface area contributed by atoms with Gasteiger partial charge in [-0.25, -0.2) is 13.4 Å². The fourth-order valence-electron chi connectivity index (χ4n) is 1.34. The molecule has 0 aromatic carbocycles. The summed E-state index contributed by atoms with van der Waals surface area (Å²) >= 11 is 0. The van der Waals surface area contributed by atoms with E-state index in [0.717, 1.165) is 18.3 Å². The van der Waals surface area contributed by atoms with Gasteiger partial charge < -0.3 is 5.11 Å². The highest BCUT2D eigenvalue weighted by Gasteiger charge is 2.36. The maximum Gasteiger partial charge on any atom is 0.402 e. The molecule has 0 saturated heterocycles. The molecule has 0 atom stereocenters. The van der Waals surface area contributed by atoms with Gasteiger partial charge in [-0.15, -0.1) is 0 Å². The molecule has 0 spiro atoms. The summed E-state index contributed by atoms with van der Waals surface area (Å²) in [6.07, 6.45) is -3.93. The molecule has 1 N–H and O–H groups in total. The van der Waals surface area contributed by atoms with Crippen molar-refractivity contribution >= 4 is 10.0 Å². The van der Waals surface area contributed by atoms with Crippen molar-refractivity contribution in [2.24, 2.45) is 0 Å². The van der Waals surface area contributed by atoms with Gasteiger partial charge in [-0.1, -0.05) is 0 Å². The first kappa shape index (κ1) is 16.4. The van der Waals surface area contributed by atoms with Gasteiger partial charge in [0, 0.05) is 12.7 Å². The molecule has 0 aliphatic carbocycles. The smallest absolute Gasteiger partial charge is 0.395 e. The first-order valence-electron chi connectivity index (χ1n) is 5.24. The monoisotopic (exact) mass is 309 g/mol. The summed E-state index contributed by atoms with van der Waals surface area (Å²) in [6, 6.07) is 3.73. The number of hydrogen-bond donors (Lipinski definition) is 1. The number of pyridine rings is 1. The van der Waals surface area contributed by atoms with Crippen molar-refractivity contribution in [2.45, 2.75) is 11.1 Å². The number of aliphatic hydroxyl groups excluding tert-OH is 1. The molecule has 10 heteroatoms. The molecule has 0 aliphatic heterocycles. The van der Waals surface area contributed by atoms with Crippen molar-refractivity contribution in [3.63, 3.8) is 0 Å². The van der Waals surface area contributed by atoms with Gasteiger partial charge in [0.15, 0.2) is 0 Å². The maximum atomic E-state index is 12.3. The summed E-state index contributed by atoms with van der Waals surface area (Å²) < 4.78 is 61.1. The van der Waals surface area contributed by atoms with Crippen LogP contribution in [0.15, 0.2) is 23.2 Å². The standard InChI is InChI=1S/C10H10F3N3O3S/c11-10(12,13)7-16(3-4-17)20(18,19)9-2-1-8(5-14)15-6-9/h1-2,6,17H,3-4,7H2. The van der Waals surface area contributed by atoms with Crippen molar-refractivity contribution in [3.8, 4) is 6.07 Å². The Bertz CT molecular complexity index is 593. The van der Waals surface area contributed by atoms with Crippen LogP contribution in [-0.4, -0.2) is 48.7 Å². The molecule has 1 rings (SSSR count). The summed E-state index contributed by atoms with van der Waals surface area (Å²) in [5.41, 5.74) is -0.0616. The Morgan fingerprint density at radius 3 is 2.45 bits per heavy atom. The van der Waals surface area contributed by atoms with E-state index in [9.17, 15) is 21.6 Å². The molecular formula is C10H10F3N3O3S. The van der Waals surface area contributed by atoms with Crippen LogP contribution in [0, 0.1) is 11.3 Å². The first-order valence-corrected chi connectivity index (χ1v) is 6.68. The highest BCUT2D eigenvalue weighted by Crippen LogP contribution is 2.22. The van der Waals surface area contributed by atoms with Crippen molar-refractivity contribution in [2.75, 3.05) is 19.7 Å². The lowest BCUT2D eigenvalue weighted by atomic mass is 10.4. The predicted molar refractivity (Wildman–Crippen MR) is 60.9 cm³/mol. The number of rotatable bonds is 5. The Morgan fingerprint density at radius 1 is 1.40 bits per heavy atom. The summed E-state index contributed by atoms with van der Waals surface area (Å²) in [5, 5.41) is 17.2. The van der Waals surface area contributed by atoms with Gasteiger partial charge >= 0.3 is 6.18 Å². The molecule has 110 valence electrons. The summed E-state index contributed by atoms with van der Waals surface area (Å²) in [6.45, 7) is -3.16. The van der Waals surface area contributed by atoms with Crippen molar-refractivity contribution in [1.29, 1.82) is 5.26 Å². The lowest BCUT2D eigenvalue weighted by Gasteiger charge is -2.22. The predicted octanol–water partition coefficient (Wildman–Crippen LogP) is 0.499. The Kier molecular flexibility index (Phi) is 5.04. The molecule has 20 heavy (non-hydrogen) atoms. The van der Waals surface area contributed by atoms with E-state index in [0.29, 0.717) is 0 Å². The van der Waals surface area contributed by atoms with Crippen LogP contribution in [0.2, 0.25) is 0 Å². The quantitative estimate of drug-likeness (QED) is 0.854. The third kappa shape index (κ3) is 4.16. The Morgan fingerprint density at radius 2 is 2.05 bits per heavy atom. The van der Waals surface area contributed by atoms with E-state index < -0.39 is 40.8 Å². The van der Waals surface area contributed by atoms with Crippen LogP contribution in [0.1, 0.15) is 5.69 Å². The van der Waals surface area contributed by atoms with Crippen LogP contribution in [-0.2, 0) is 10.0 Å². The number of sulfonamides is 1. The molecule has 0 aliphatic rings. The van der Waals surface area contributed by atoms with Gasteiger partial charge in [0.2, 0.25) is 10.0 Å². The molecule has 0 amide bonds. The number of aliphatic hydroxyl groups is 1.